The molecule has 0 radical (unpaired) electrons. The SMILES string of the molecule is CC1=C(C(=O)O)CC(C(=O)O)(c2cccc(C)c2COc2ccc(C(C)O)cc2C)C=C1. The number of ether oxygens (including phenoxy) is 1. The summed E-state index contributed by atoms with van der Waals surface area (Å²) in [6.07, 6.45) is 2.43. The Hall–Kier alpha value is -3.38. The highest BCUT2D eigenvalue weighted by Gasteiger charge is 2.43. The maximum Gasteiger partial charge on any atom is 0.331 e. The molecular weight excluding hydrogens is 408 g/mol. The fraction of sp³-hybridized carbons (Fsp3) is 0.308. The molecule has 3 N–H and O–H groups in total. The molecule has 0 heterocycles. The monoisotopic (exact) mass is 436 g/mol. The molecule has 2 aromatic rings. The summed E-state index contributed by atoms with van der Waals surface area (Å²) in [5, 5.41) is 29.6. The largest absolute Gasteiger partial charge is 0.489 e. The van der Waals surface area contributed by atoms with Gasteiger partial charge in [-0.2, -0.15) is 0 Å². The highest BCUT2D eigenvalue weighted by Crippen LogP contribution is 2.41. The van der Waals surface area contributed by atoms with Crippen LogP contribution in [0.5, 0.6) is 5.75 Å². The average Bonchev–Trinajstić information content (AvgIpc) is 2.73. The molecule has 0 amide bonds. The van der Waals surface area contributed by atoms with Crippen molar-refractivity contribution in [3.8, 4) is 5.75 Å². The number of aliphatic hydroxyl groups is 1. The molecule has 1 aliphatic rings. The molecule has 0 aliphatic heterocycles. The molecule has 2 unspecified atom stereocenters. The van der Waals surface area contributed by atoms with E-state index in [0.717, 1.165) is 16.7 Å². The zero-order chi connectivity index (χ0) is 23.6. The second-order valence-corrected chi connectivity index (χ2v) is 8.34. The number of benzene rings is 2. The van der Waals surface area contributed by atoms with Gasteiger partial charge in [0.15, 0.2) is 0 Å². The minimum Gasteiger partial charge on any atom is -0.489 e. The van der Waals surface area contributed by atoms with Crippen molar-refractivity contribution in [3.63, 3.8) is 0 Å². The number of hydrogen-bond donors (Lipinski definition) is 3. The van der Waals surface area contributed by atoms with Gasteiger partial charge >= 0.3 is 11.9 Å². The lowest BCUT2D eigenvalue weighted by atomic mass is 9.69. The lowest BCUT2D eigenvalue weighted by molar-refractivity contribution is -0.142. The van der Waals surface area contributed by atoms with Crippen molar-refractivity contribution in [2.24, 2.45) is 0 Å². The number of rotatable bonds is 7. The Labute approximate surface area is 187 Å². The van der Waals surface area contributed by atoms with Crippen molar-refractivity contribution in [1.29, 1.82) is 0 Å². The third-order valence-corrected chi connectivity index (χ3v) is 6.13. The van der Waals surface area contributed by atoms with Gasteiger partial charge in [-0.25, -0.2) is 4.79 Å². The van der Waals surface area contributed by atoms with Crippen LogP contribution in [0.15, 0.2) is 59.7 Å². The van der Waals surface area contributed by atoms with Gasteiger partial charge in [-0.15, -0.1) is 0 Å². The molecule has 6 heteroatoms. The summed E-state index contributed by atoms with van der Waals surface area (Å²) in [6, 6.07) is 10.8. The third-order valence-electron chi connectivity index (χ3n) is 6.13. The summed E-state index contributed by atoms with van der Waals surface area (Å²) in [7, 11) is 0. The molecule has 0 fully saturated rings. The first-order valence-corrected chi connectivity index (χ1v) is 10.4. The maximum atomic E-state index is 12.5. The standard InChI is InChI=1S/C26H28O6/c1-15-6-5-7-22(26(25(30)31)11-10-16(2)20(13-26)24(28)29)21(15)14-32-23-9-8-19(18(4)27)12-17(23)3/h5-12,18,27H,13-14H2,1-4H3,(H,28,29)(H,30,31). The first kappa shape index (κ1) is 23.3. The second kappa shape index (κ2) is 9.01. The number of aliphatic carboxylic acids is 2. The van der Waals surface area contributed by atoms with Gasteiger partial charge in [-0.3, -0.25) is 4.79 Å². The number of aryl methyl sites for hydroxylation is 2. The van der Waals surface area contributed by atoms with E-state index in [1.54, 1.807) is 50.3 Å². The number of allylic oxidation sites excluding steroid dienone is 2. The van der Waals surface area contributed by atoms with Gasteiger partial charge in [0.1, 0.15) is 17.8 Å². The van der Waals surface area contributed by atoms with Gasteiger partial charge < -0.3 is 20.1 Å². The van der Waals surface area contributed by atoms with E-state index in [2.05, 4.69) is 0 Å². The molecule has 1 aliphatic carbocycles. The van der Waals surface area contributed by atoms with Gasteiger partial charge in [0.25, 0.3) is 0 Å². The van der Waals surface area contributed by atoms with Crippen LogP contribution in [0.25, 0.3) is 0 Å². The molecular formula is C26H28O6. The predicted octanol–water partition coefficient (Wildman–Crippen LogP) is 4.62. The van der Waals surface area contributed by atoms with Crippen LogP contribution in [0.4, 0.5) is 0 Å². The lowest BCUT2D eigenvalue weighted by Crippen LogP contribution is -2.38. The number of aliphatic hydroxyl groups excluding tert-OH is 1. The van der Waals surface area contributed by atoms with Crippen molar-refractivity contribution >= 4 is 11.9 Å². The zero-order valence-electron chi connectivity index (χ0n) is 18.7. The topological polar surface area (TPSA) is 104 Å². The highest BCUT2D eigenvalue weighted by molar-refractivity contribution is 5.94. The van der Waals surface area contributed by atoms with E-state index in [0.29, 0.717) is 22.4 Å². The molecule has 0 aromatic heterocycles. The first-order valence-electron chi connectivity index (χ1n) is 10.4. The minimum atomic E-state index is -1.50. The Morgan fingerprint density at radius 1 is 1.09 bits per heavy atom. The molecule has 6 nitrogen and oxygen atoms in total. The van der Waals surface area contributed by atoms with E-state index in [1.165, 1.54) is 0 Å². The molecule has 32 heavy (non-hydrogen) atoms. The molecule has 0 saturated heterocycles. The summed E-state index contributed by atoms with van der Waals surface area (Å²) in [4.78, 5) is 24.3. The van der Waals surface area contributed by atoms with E-state index >= 15 is 0 Å². The smallest absolute Gasteiger partial charge is 0.331 e. The van der Waals surface area contributed by atoms with E-state index in [1.807, 2.05) is 26.0 Å². The Morgan fingerprint density at radius 2 is 1.81 bits per heavy atom. The quantitative estimate of drug-likeness (QED) is 0.585. The van der Waals surface area contributed by atoms with Crippen molar-refractivity contribution in [3.05, 3.63) is 87.5 Å². The van der Waals surface area contributed by atoms with Crippen molar-refractivity contribution in [2.75, 3.05) is 0 Å². The normalized spacial score (nSPS) is 19.0. The van der Waals surface area contributed by atoms with Crippen LogP contribution in [0, 0.1) is 13.8 Å². The minimum absolute atomic E-state index is 0.0906. The van der Waals surface area contributed by atoms with Crippen LogP contribution in [0.3, 0.4) is 0 Å². The molecule has 168 valence electrons. The van der Waals surface area contributed by atoms with Crippen LogP contribution in [0.1, 0.15) is 54.2 Å². The zero-order valence-corrected chi connectivity index (χ0v) is 18.7. The number of carboxylic acid groups (broad SMARTS) is 2. The van der Waals surface area contributed by atoms with E-state index < -0.39 is 23.5 Å². The van der Waals surface area contributed by atoms with E-state index in [4.69, 9.17) is 4.74 Å². The van der Waals surface area contributed by atoms with E-state index in [9.17, 15) is 24.9 Å². The Morgan fingerprint density at radius 3 is 2.41 bits per heavy atom. The van der Waals surface area contributed by atoms with Crippen molar-refractivity contribution < 1.29 is 29.6 Å². The summed E-state index contributed by atoms with van der Waals surface area (Å²) >= 11 is 0. The van der Waals surface area contributed by atoms with Crippen LogP contribution in [-0.4, -0.2) is 27.3 Å². The fourth-order valence-corrected chi connectivity index (χ4v) is 4.09. The number of hydrogen-bond acceptors (Lipinski definition) is 4. The molecule has 2 atom stereocenters. The van der Waals surface area contributed by atoms with Gasteiger partial charge in [-0.1, -0.05) is 36.4 Å². The molecule has 0 saturated carbocycles. The summed E-state index contributed by atoms with van der Waals surface area (Å²) in [5.41, 5.74) is 2.87. The molecule has 2 aromatic carbocycles. The fourth-order valence-electron chi connectivity index (χ4n) is 4.09. The first-order chi connectivity index (χ1) is 15.1. The Kier molecular flexibility index (Phi) is 6.55. The van der Waals surface area contributed by atoms with Crippen LogP contribution >= 0.6 is 0 Å². The van der Waals surface area contributed by atoms with Crippen molar-refractivity contribution in [1.82, 2.24) is 0 Å². The van der Waals surface area contributed by atoms with Gasteiger partial charge in [0.2, 0.25) is 0 Å². The number of carboxylic acids is 2. The molecule has 0 spiro atoms. The lowest BCUT2D eigenvalue weighted by Gasteiger charge is -2.32. The highest BCUT2D eigenvalue weighted by atomic mass is 16.5. The van der Waals surface area contributed by atoms with Gasteiger partial charge in [-0.05, 0) is 73.2 Å². The molecule has 0 bridgehead atoms. The summed E-state index contributed by atoms with van der Waals surface area (Å²) in [5.74, 6) is -1.59. The second-order valence-electron chi connectivity index (χ2n) is 8.34. The maximum absolute atomic E-state index is 12.5. The van der Waals surface area contributed by atoms with Gasteiger partial charge in [0, 0.05) is 12.0 Å². The van der Waals surface area contributed by atoms with E-state index in [-0.39, 0.29) is 18.6 Å². The van der Waals surface area contributed by atoms with Crippen LogP contribution < -0.4 is 4.74 Å². The predicted molar refractivity (Wildman–Crippen MR) is 121 cm³/mol. The average molecular weight is 437 g/mol. The number of carbonyl (C=O) groups is 2. The Balaban J connectivity index is 2.01. The Bertz CT molecular complexity index is 1130. The molecule has 3 rings (SSSR count). The summed E-state index contributed by atoms with van der Waals surface area (Å²) < 4.78 is 6.06. The van der Waals surface area contributed by atoms with Gasteiger partial charge in [0.05, 0.1) is 6.10 Å². The van der Waals surface area contributed by atoms with Crippen molar-refractivity contribution in [2.45, 2.75) is 52.2 Å². The summed E-state index contributed by atoms with van der Waals surface area (Å²) in [6.45, 7) is 7.26. The third kappa shape index (κ3) is 4.32. The van der Waals surface area contributed by atoms with Crippen LogP contribution in [-0.2, 0) is 21.6 Å². The van der Waals surface area contributed by atoms with Crippen LogP contribution in [0.2, 0.25) is 0 Å².